The Kier molecular flexibility index (Phi) is 6.13. The Balaban J connectivity index is 1.74. The molecule has 0 spiro atoms. The zero-order chi connectivity index (χ0) is 19.3. The molecule has 1 aliphatic rings. The second kappa shape index (κ2) is 8.54. The second-order valence-corrected chi connectivity index (χ2v) is 8.45. The van der Waals surface area contributed by atoms with Gasteiger partial charge in [0.15, 0.2) is 0 Å². The molecule has 0 radical (unpaired) electrons. The number of hydrogen-bond donors (Lipinski definition) is 1. The number of nitrogens with one attached hydrogen (secondary N) is 1. The van der Waals surface area contributed by atoms with Crippen LogP contribution in [0.15, 0.2) is 59.5 Å². The van der Waals surface area contributed by atoms with Gasteiger partial charge in [-0.1, -0.05) is 24.6 Å². The molecule has 3 rings (SSSR count). The summed E-state index contributed by atoms with van der Waals surface area (Å²) in [6.45, 7) is 0.428. The third-order valence-electron chi connectivity index (χ3n) is 4.72. The number of sulfonamides is 1. The zero-order valence-corrected chi connectivity index (χ0v) is 16.1. The smallest absolute Gasteiger partial charge is 0.243 e. The van der Waals surface area contributed by atoms with Gasteiger partial charge >= 0.3 is 0 Å². The van der Waals surface area contributed by atoms with E-state index in [1.165, 1.54) is 11.4 Å². The van der Waals surface area contributed by atoms with E-state index in [9.17, 15) is 13.2 Å². The maximum absolute atomic E-state index is 13.1. The fourth-order valence-corrected chi connectivity index (χ4v) is 5.02. The van der Waals surface area contributed by atoms with Crippen LogP contribution in [0.1, 0.15) is 25.7 Å². The molecule has 6 nitrogen and oxygen atoms in total. The van der Waals surface area contributed by atoms with Gasteiger partial charge in [-0.2, -0.15) is 4.31 Å². The number of anilines is 1. The number of hydrogen-bond acceptors (Lipinski definition) is 4. The van der Waals surface area contributed by atoms with Gasteiger partial charge in [-0.3, -0.25) is 4.79 Å². The van der Waals surface area contributed by atoms with Crippen LogP contribution in [0.25, 0.3) is 0 Å². The van der Waals surface area contributed by atoms with Crippen molar-refractivity contribution in [1.82, 2.24) is 4.31 Å². The van der Waals surface area contributed by atoms with E-state index in [4.69, 9.17) is 4.74 Å². The van der Waals surface area contributed by atoms with Crippen molar-refractivity contribution in [3.63, 3.8) is 0 Å². The molecular weight excluding hydrogens is 364 g/mol. The summed E-state index contributed by atoms with van der Waals surface area (Å²) in [5.41, 5.74) is 0.711. The zero-order valence-electron chi connectivity index (χ0n) is 15.3. The molecule has 1 fully saturated rings. The summed E-state index contributed by atoms with van der Waals surface area (Å²) in [4.78, 5) is 12.6. The Hall–Kier alpha value is -2.38. The molecule has 1 aliphatic heterocycles. The summed E-state index contributed by atoms with van der Waals surface area (Å²) in [5.74, 6) is 0.425. The summed E-state index contributed by atoms with van der Waals surface area (Å²) in [6, 6.07) is 15.2. The summed E-state index contributed by atoms with van der Waals surface area (Å²) in [5, 5.41) is 2.84. The van der Waals surface area contributed by atoms with Gasteiger partial charge < -0.3 is 10.1 Å². The van der Waals surface area contributed by atoms with Crippen molar-refractivity contribution >= 4 is 21.6 Å². The van der Waals surface area contributed by atoms with Crippen LogP contribution in [0.4, 0.5) is 5.69 Å². The van der Waals surface area contributed by atoms with Crippen molar-refractivity contribution in [1.29, 1.82) is 0 Å². The summed E-state index contributed by atoms with van der Waals surface area (Å²) >= 11 is 0. The first kappa shape index (κ1) is 19.4. The number of nitrogens with zero attached hydrogens (tertiary/aromatic N) is 1. The Morgan fingerprint density at radius 2 is 1.81 bits per heavy atom. The monoisotopic (exact) mass is 388 g/mol. The highest BCUT2D eigenvalue weighted by Crippen LogP contribution is 2.28. The van der Waals surface area contributed by atoms with Gasteiger partial charge in [0.25, 0.3) is 0 Å². The van der Waals surface area contributed by atoms with Gasteiger partial charge in [0.2, 0.25) is 15.9 Å². The van der Waals surface area contributed by atoms with Crippen molar-refractivity contribution < 1.29 is 17.9 Å². The van der Waals surface area contributed by atoms with E-state index in [0.717, 1.165) is 12.8 Å². The molecule has 1 amide bonds. The largest absolute Gasteiger partial charge is 0.497 e. The average Bonchev–Trinajstić information content (AvgIpc) is 2.69. The number of ether oxygens (including phenoxy) is 1. The molecule has 144 valence electrons. The molecule has 0 bridgehead atoms. The molecule has 1 N–H and O–H groups in total. The Labute approximate surface area is 160 Å². The number of carbonyl (C=O) groups is 1. The van der Waals surface area contributed by atoms with E-state index < -0.39 is 10.0 Å². The van der Waals surface area contributed by atoms with Gasteiger partial charge in [0.1, 0.15) is 5.75 Å². The van der Waals surface area contributed by atoms with Crippen molar-refractivity contribution in [2.45, 2.75) is 36.6 Å². The van der Waals surface area contributed by atoms with Gasteiger partial charge in [0, 0.05) is 24.7 Å². The van der Waals surface area contributed by atoms with Gasteiger partial charge in [-0.15, -0.1) is 0 Å². The number of amides is 1. The number of benzene rings is 2. The molecule has 2 aromatic rings. The molecule has 27 heavy (non-hydrogen) atoms. The van der Waals surface area contributed by atoms with Crippen molar-refractivity contribution in [2.75, 3.05) is 19.0 Å². The van der Waals surface area contributed by atoms with Gasteiger partial charge in [-0.05, 0) is 49.2 Å². The lowest BCUT2D eigenvalue weighted by Crippen LogP contribution is -2.45. The predicted molar refractivity (Wildman–Crippen MR) is 104 cm³/mol. The topological polar surface area (TPSA) is 75.7 Å². The van der Waals surface area contributed by atoms with Gasteiger partial charge in [0.05, 0.1) is 12.0 Å². The molecule has 2 aromatic carbocycles. The maximum Gasteiger partial charge on any atom is 0.243 e. The third kappa shape index (κ3) is 4.67. The first-order chi connectivity index (χ1) is 13.0. The van der Waals surface area contributed by atoms with Crippen LogP contribution in [0.3, 0.4) is 0 Å². The molecule has 7 heteroatoms. The van der Waals surface area contributed by atoms with Gasteiger partial charge in [-0.25, -0.2) is 8.42 Å². The Morgan fingerprint density at radius 1 is 1.11 bits per heavy atom. The van der Waals surface area contributed by atoms with E-state index in [1.54, 1.807) is 24.3 Å². The van der Waals surface area contributed by atoms with E-state index in [-0.39, 0.29) is 23.3 Å². The number of piperidine rings is 1. The van der Waals surface area contributed by atoms with Crippen LogP contribution < -0.4 is 10.1 Å². The maximum atomic E-state index is 13.1. The van der Waals surface area contributed by atoms with E-state index in [1.807, 2.05) is 30.3 Å². The molecule has 0 saturated carbocycles. The van der Waals surface area contributed by atoms with Crippen LogP contribution in [-0.2, 0) is 14.8 Å². The quantitative estimate of drug-likeness (QED) is 0.824. The van der Waals surface area contributed by atoms with E-state index in [2.05, 4.69) is 5.32 Å². The highest BCUT2D eigenvalue weighted by molar-refractivity contribution is 7.89. The molecule has 0 unspecified atom stereocenters. The standard InChI is InChI=1S/C20H24N2O4S/c1-26-18-10-12-19(13-11-18)27(24,25)22-14-6-5-9-17(22)15-20(23)21-16-7-3-2-4-8-16/h2-4,7-8,10-13,17H,5-6,9,14-15H2,1H3,(H,21,23)/t17-/m0/s1. The fourth-order valence-electron chi connectivity index (χ4n) is 3.33. The SMILES string of the molecule is COc1ccc(S(=O)(=O)N2CCCC[C@H]2CC(=O)Nc2ccccc2)cc1. The lowest BCUT2D eigenvalue weighted by Gasteiger charge is -2.34. The Bertz CT molecular complexity index is 867. The molecule has 1 atom stereocenters. The number of carbonyl (C=O) groups excluding carboxylic acids is 1. The highest BCUT2D eigenvalue weighted by atomic mass is 32.2. The molecule has 1 saturated heterocycles. The molecule has 1 heterocycles. The summed E-state index contributed by atoms with van der Waals surface area (Å²) in [6.07, 6.45) is 2.53. The minimum atomic E-state index is -3.66. The first-order valence-corrected chi connectivity index (χ1v) is 10.5. The lowest BCUT2D eigenvalue weighted by molar-refractivity contribution is -0.117. The molecular formula is C20H24N2O4S. The van der Waals surface area contributed by atoms with Crippen LogP contribution in [0.5, 0.6) is 5.75 Å². The minimum Gasteiger partial charge on any atom is -0.497 e. The van der Waals surface area contributed by atoms with Crippen LogP contribution >= 0.6 is 0 Å². The van der Waals surface area contributed by atoms with Crippen LogP contribution in [0, 0.1) is 0 Å². The van der Waals surface area contributed by atoms with Crippen molar-refractivity contribution in [3.05, 3.63) is 54.6 Å². The van der Waals surface area contributed by atoms with Crippen LogP contribution in [-0.4, -0.2) is 38.3 Å². The lowest BCUT2D eigenvalue weighted by atomic mass is 10.0. The molecule has 0 aliphatic carbocycles. The normalized spacial score (nSPS) is 18.0. The summed E-state index contributed by atoms with van der Waals surface area (Å²) < 4.78 is 32.8. The predicted octanol–water partition coefficient (Wildman–Crippen LogP) is 3.27. The van der Waals surface area contributed by atoms with Crippen molar-refractivity contribution in [3.8, 4) is 5.75 Å². The number of rotatable bonds is 6. The van der Waals surface area contributed by atoms with Crippen LogP contribution in [0.2, 0.25) is 0 Å². The first-order valence-electron chi connectivity index (χ1n) is 9.01. The third-order valence-corrected chi connectivity index (χ3v) is 6.68. The Morgan fingerprint density at radius 3 is 2.48 bits per heavy atom. The van der Waals surface area contributed by atoms with E-state index >= 15 is 0 Å². The fraction of sp³-hybridized carbons (Fsp3) is 0.350. The minimum absolute atomic E-state index is 0.143. The highest BCUT2D eigenvalue weighted by Gasteiger charge is 2.34. The van der Waals surface area contributed by atoms with E-state index in [0.29, 0.717) is 24.4 Å². The number of para-hydroxylation sites is 1. The second-order valence-electron chi connectivity index (χ2n) is 6.56. The number of methoxy groups -OCH3 is 1. The summed E-state index contributed by atoms with van der Waals surface area (Å²) in [7, 11) is -2.12. The molecule has 0 aromatic heterocycles. The average molecular weight is 388 g/mol. The van der Waals surface area contributed by atoms with Crippen molar-refractivity contribution in [2.24, 2.45) is 0 Å².